The second-order valence-electron chi connectivity index (χ2n) is 4.39. The standard InChI is InChI=1S/C16H17BrO2/c1-11-5-4-6-12(9-11)16(17)13-7-8-14(18-2)15(10-13)19-3/h4-10,16H,1-3H3. The molecule has 2 aromatic carbocycles. The van der Waals surface area contributed by atoms with Crippen LogP contribution in [0.1, 0.15) is 21.5 Å². The SMILES string of the molecule is COc1ccc(C(Br)c2cccc(C)c2)cc1OC. The van der Waals surface area contributed by atoms with E-state index >= 15 is 0 Å². The molecule has 0 saturated heterocycles. The molecular formula is C16H17BrO2. The van der Waals surface area contributed by atoms with E-state index in [1.165, 1.54) is 11.1 Å². The van der Waals surface area contributed by atoms with Crippen molar-refractivity contribution in [2.75, 3.05) is 14.2 Å². The fourth-order valence-electron chi connectivity index (χ4n) is 2.03. The molecule has 3 heteroatoms. The summed E-state index contributed by atoms with van der Waals surface area (Å²) >= 11 is 3.74. The zero-order valence-corrected chi connectivity index (χ0v) is 12.9. The lowest BCUT2D eigenvalue weighted by Crippen LogP contribution is -1.96. The van der Waals surface area contributed by atoms with Crippen LogP contribution < -0.4 is 9.47 Å². The van der Waals surface area contributed by atoms with Gasteiger partial charge in [-0.2, -0.15) is 0 Å². The van der Waals surface area contributed by atoms with Crippen molar-refractivity contribution in [2.45, 2.75) is 11.8 Å². The lowest BCUT2D eigenvalue weighted by atomic mass is 10.0. The van der Waals surface area contributed by atoms with Gasteiger partial charge in [-0.25, -0.2) is 0 Å². The van der Waals surface area contributed by atoms with Gasteiger partial charge in [0.25, 0.3) is 0 Å². The molecule has 0 heterocycles. The topological polar surface area (TPSA) is 18.5 Å². The quantitative estimate of drug-likeness (QED) is 0.772. The minimum atomic E-state index is 0.146. The van der Waals surface area contributed by atoms with Gasteiger partial charge in [0, 0.05) is 0 Å². The van der Waals surface area contributed by atoms with Crippen molar-refractivity contribution in [1.29, 1.82) is 0 Å². The van der Waals surface area contributed by atoms with E-state index in [-0.39, 0.29) is 4.83 Å². The molecule has 0 aliphatic rings. The van der Waals surface area contributed by atoms with E-state index in [0.29, 0.717) is 0 Å². The van der Waals surface area contributed by atoms with Gasteiger partial charge in [-0.15, -0.1) is 0 Å². The van der Waals surface area contributed by atoms with Crippen molar-refractivity contribution in [3.8, 4) is 11.5 Å². The number of rotatable bonds is 4. The molecule has 19 heavy (non-hydrogen) atoms. The lowest BCUT2D eigenvalue weighted by Gasteiger charge is -2.14. The highest BCUT2D eigenvalue weighted by molar-refractivity contribution is 9.09. The number of hydrogen-bond donors (Lipinski definition) is 0. The molecule has 1 unspecified atom stereocenters. The zero-order valence-electron chi connectivity index (χ0n) is 11.3. The van der Waals surface area contributed by atoms with Crippen molar-refractivity contribution in [2.24, 2.45) is 0 Å². The summed E-state index contributed by atoms with van der Waals surface area (Å²) in [6, 6.07) is 14.4. The predicted octanol–water partition coefficient (Wildman–Crippen LogP) is 4.50. The third kappa shape index (κ3) is 3.10. The summed E-state index contributed by atoms with van der Waals surface area (Å²) in [4.78, 5) is 0.146. The lowest BCUT2D eigenvalue weighted by molar-refractivity contribution is 0.354. The van der Waals surface area contributed by atoms with Crippen LogP contribution >= 0.6 is 15.9 Å². The molecule has 0 saturated carbocycles. The first-order chi connectivity index (χ1) is 9.15. The summed E-state index contributed by atoms with van der Waals surface area (Å²) in [7, 11) is 3.29. The van der Waals surface area contributed by atoms with E-state index in [4.69, 9.17) is 9.47 Å². The third-order valence-electron chi connectivity index (χ3n) is 3.04. The van der Waals surface area contributed by atoms with Crippen molar-refractivity contribution >= 4 is 15.9 Å². The molecule has 0 spiro atoms. The molecule has 0 aromatic heterocycles. The number of aryl methyl sites for hydroxylation is 1. The minimum Gasteiger partial charge on any atom is -0.493 e. The van der Waals surface area contributed by atoms with E-state index in [9.17, 15) is 0 Å². The first-order valence-electron chi connectivity index (χ1n) is 6.08. The molecule has 0 radical (unpaired) electrons. The number of alkyl halides is 1. The van der Waals surface area contributed by atoms with Gasteiger partial charge < -0.3 is 9.47 Å². The van der Waals surface area contributed by atoms with Gasteiger partial charge >= 0.3 is 0 Å². The molecule has 100 valence electrons. The zero-order chi connectivity index (χ0) is 13.8. The van der Waals surface area contributed by atoms with Crippen LogP contribution in [0.2, 0.25) is 0 Å². The number of methoxy groups -OCH3 is 2. The molecule has 0 aliphatic carbocycles. The van der Waals surface area contributed by atoms with Gasteiger partial charge in [0.1, 0.15) is 0 Å². The Bertz CT molecular complexity index is 566. The molecule has 0 amide bonds. The van der Waals surface area contributed by atoms with Gasteiger partial charge in [-0.3, -0.25) is 0 Å². The Labute approximate surface area is 122 Å². The summed E-state index contributed by atoms with van der Waals surface area (Å²) in [5, 5.41) is 0. The third-order valence-corrected chi connectivity index (χ3v) is 4.09. The van der Waals surface area contributed by atoms with Crippen LogP contribution in [0.3, 0.4) is 0 Å². The van der Waals surface area contributed by atoms with E-state index < -0.39 is 0 Å². The smallest absolute Gasteiger partial charge is 0.161 e. The van der Waals surface area contributed by atoms with Crippen molar-refractivity contribution < 1.29 is 9.47 Å². The molecule has 1 atom stereocenters. The Balaban J connectivity index is 2.36. The van der Waals surface area contributed by atoms with Crippen LogP contribution in [0.25, 0.3) is 0 Å². The summed E-state index contributed by atoms with van der Waals surface area (Å²) in [6.45, 7) is 2.10. The summed E-state index contributed by atoms with van der Waals surface area (Å²) in [5.41, 5.74) is 3.62. The Hall–Kier alpha value is -1.48. The maximum atomic E-state index is 5.34. The van der Waals surface area contributed by atoms with Gasteiger partial charge in [-0.05, 0) is 30.2 Å². The second-order valence-corrected chi connectivity index (χ2v) is 5.31. The average Bonchev–Trinajstić information content (AvgIpc) is 2.45. The van der Waals surface area contributed by atoms with Crippen LogP contribution in [0.15, 0.2) is 42.5 Å². The summed E-state index contributed by atoms with van der Waals surface area (Å²) < 4.78 is 10.6. The normalized spacial score (nSPS) is 12.0. The first kappa shape index (κ1) is 13.9. The van der Waals surface area contributed by atoms with E-state index in [2.05, 4.69) is 47.1 Å². The first-order valence-corrected chi connectivity index (χ1v) is 7.00. The fourth-order valence-corrected chi connectivity index (χ4v) is 2.60. The molecule has 2 nitrogen and oxygen atoms in total. The monoisotopic (exact) mass is 320 g/mol. The molecule has 0 fully saturated rings. The Morgan fingerprint density at radius 2 is 1.58 bits per heavy atom. The predicted molar refractivity (Wildman–Crippen MR) is 81.5 cm³/mol. The van der Waals surface area contributed by atoms with Crippen LogP contribution in [0.5, 0.6) is 11.5 Å². The van der Waals surface area contributed by atoms with Gasteiger partial charge in [-0.1, -0.05) is 51.8 Å². The van der Waals surface area contributed by atoms with Crippen molar-refractivity contribution in [1.82, 2.24) is 0 Å². The van der Waals surface area contributed by atoms with Gasteiger partial charge in [0.05, 0.1) is 19.0 Å². The van der Waals surface area contributed by atoms with Crippen molar-refractivity contribution in [3.63, 3.8) is 0 Å². The Morgan fingerprint density at radius 1 is 0.895 bits per heavy atom. The highest BCUT2D eigenvalue weighted by Crippen LogP contribution is 2.36. The van der Waals surface area contributed by atoms with Crippen LogP contribution in [-0.2, 0) is 0 Å². The number of benzene rings is 2. The minimum absolute atomic E-state index is 0.146. The van der Waals surface area contributed by atoms with Crippen molar-refractivity contribution in [3.05, 3.63) is 59.2 Å². The summed E-state index contributed by atoms with van der Waals surface area (Å²) in [5.74, 6) is 1.49. The highest BCUT2D eigenvalue weighted by Gasteiger charge is 2.13. The molecule has 0 N–H and O–H groups in total. The molecular weight excluding hydrogens is 304 g/mol. The molecule has 0 aliphatic heterocycles. The maximum Gasteiger partial charge on any atom is 0.161 e. The van der Waals surface area contributed by atoms with E-state index in [1.807, 2.05) is 18.2 Å². The van der Waals surface area contributed by atoms with Crippen LogP contribution in [0.4, 0.5) is 0 Å². The number of ether oxygens (including phenoxy) is 2. The number of hydrogen-bond acceptors (Lipinski definition) is 2. The summed E-state index contributed by atoms with van der Waals surface area (Å²) in [6.07, 6.45) is 0. The van der Waals surface area contributed by atoms with Gasteiger partial charge in [0.15, 0.2) is 11.5 Å². The second kappa shape index (κ2) is 6.11. The number of halogens is 1. The molecule has 0 bridgehead atoms. The Morgan fingerprint density at radius 3 is 2.21 bits per heavy atom. The largest absolute Gasteiger partial charge is 0.493 e. The maximum absolute atomic E-state index is 5.34. The van der Waals surface area contributed by atoms with Gasteiger partial charge in [0.2, 0.25) is 0 Å². The van der Waals surface area contributed by atoms with Crippen LogP contribution in [0, 0.1) is 6.92 Å². The Kier molecular flexibility index (Phi) is 4.48. The van der Waals surface area contributed by atoms with E-state index in [0.717, 1.165) is 17.1 Å². The van der Waals surface area contributed by atoms with Crippen LogP contribution in [-0.4, -0.2) is 14.2 Å². The fraction of sp³-hybridized carbons (Fsp3) is 0.250. The van der Waals surface area contributed by atoms with E-state index in [1.54, 1.807) is 14.2 Å². The average molecular weight is 321 g/mol. The highest BCUT2D eigenvalue weighted by atomic mass is 79.9. The molecule has 2 rings (SSSR count). The molecule has 2 aromatic rings.